The number of carbonyl (C=O) groups excluding carboxylic acids is 1. The lowest BCUT2D eigenvalue weighted by molar-refractivity contribution is -0.121. The summed E-state index contributed by atoms with van der Waals surface area (Å²) in [4.78, 5) is 14.9. The lowest BCUT2D eigenvalue weighted by Gasteiger charge is -2.48. The van der Waals surface area contributed by atoms with Gasteiger partial charge in [-0.25, -0.2) is 0 Å². The second-order valence-corrected chi connectivity index (χ2v) is 8.91. The zero-order valence-corrected chi connectivity index (χ0v) is 15.2. The number of methoxy groups -OCH3 is 1. The van der Waals surface area contributed by atoms with Crippen LogP contribution in [0, 0.1) is 0 Å². The SMILES string of the molecule is COc1cccc2c1N(C(=O)C(C)(C)Br)C(C)(C)C[C@@H]2C. The van der Waals surface area contributed by atoms with Gasteiger partial charge in [0.1, 0.15) is 5.75 Å². The third-order valence-corrected chi connectivity index (χ3v) is 4.47. The maximum absolute atomic E-state index is 13.0. The van der Waals surface area contributed by atoms with Crippen molar-refractivity contribution in [1.82, 2.24) is 0 Å². The van der Waals surface area contributed by atoms with Crippen LogP contribution in [0.1, 0.15) is 52.5 Å². The highest BCUT2D eigenvalue weighted by Crippen LogP contribution is 2.48. The number of para-hydroxylation sites is 1. The number of rotatable bonds is 2. The summed E-state index contributed by atoms with van der Waals surface area (Å²) in [6.07, 6.45) is 0.933. The van der Waals surface area contributed by atoms with Crippen molar-refractivity contribution in [2.75, 3.05) is 12.0 Å². The van der Waals surface area contributed by atoms with Crippen molar-refractivity contribution >= 4 is 27.5 Å². The molecule has 1 amide bonds. The highest BCUT2D eigenvalue weighted by Gasteiger charge is 2.45. The van der Waals surface area contributed by atoms with Crippen LogP contribution in [-0.4, -0.2) is 22.9 Å². The van der Waals surface area contributed by atoms with E-state index in [1.807, 2.05) is 30.9 Å². The maximum Gasteiger partial charge on any atom is 0.243 e. The lowest BCUT2D eigenvalue weighted by Crippen LogP contribution is -2.56. The van der Waals surface area contributed by atoms with Crippen molar-refractivity contribution in [3.63, 3.8) is 0 Å². The van der Waals surface area contributed by atoms with E-state index in [0.717, 1.165) is 17.9 Å². The molecule has 3 nitrogen and oxygen atoms in total. The van der Waals surface area contributed by atoms with Gasteiger partial charge in [0.25, 0.3) is 0 Å². The Morgan fingerprint density at radius 2 is 2.05 bits per heavy atom. The van der Waals surface area contributed by atoms with Gasteiger partial charge < -0.3 is 9.64 Å². The number of anilines is 1. The molecule has 1 aliphatic heterocycles. The number of amides is 1. The molecule has 0 fully saturated rings. The minimum Gasteiger partial charge on any atom is -0.495 e. The summed E-state index contributed by atoms with van der Waals surface area (Å²) in [6, 6.07) is 6.02. The molecule has 2 rings (SSSR count). The Hall–Kier alpha value is -1.03. The summed E-state index contributed by atoms with van der Waals surface area (Å²) >= 11 is 3.51. The van der Waals surface area contributed by atoms with Crippen molar-refractivity contribution in [2.24, 2.45) is 0 Å². The first-order chi connectivity index (χ1) is 9.59. The molecule has 0 saturated carbocycles. The van der Waals surface area contributed by atoms with Crippen LogP contribution in [0.2, 0.25) is 0 Å². The molecule has 0 N–H and O–H groups in total. The summed E-state index contributed by atoms with van der Waals surface area (Å²) in [5.74, 6) is 1.22. The van der Waals surface area contributed by atoms with Gasteiger partial charge >= 0.3 is 0 Å². The molecule has 4 heteroatoms. The number of alkyl halides is 1. The Bertz CT molecular complexity index is 560. The number of carbonyl (C=O) groups is 1. The van der Waals surface area contributed by atoms with Crippen LogP contribution >= 0.6 is 15.9 Å². The smallest absolute Gasteiger partial charge is 0.243 e. The zero-order chi connectivity index (χ0) is 16.0. The van der Waals surface area contributed by atoms with Crippen molar-refractivity contribution in [2.45, 2.75) is 56.8 Å². The van der Waals surface area contributed by atoms with E-state index in [4.69, 9.17) is 4.74 Å². The predicted octanol–water partition coefficient (Wildman–Crippen LogP) is 4.49. The van der Waals surface area contributed by atoms with Gasteiger partial charge in [0, 0.05) is 5.54 Å². The molecular weight excluding hydrogens is 330 g/mol. The third-order valence-electron chi connectivity index (χ3n) is 4.13. The molecule has 1 heterocycles. The van der Waals surface area contributed by atoms with E-state index >= 15 is 0 Å². The van der Waals surface area contributed by atoms with Crippen LogP contribution < -0.4 is 9.64 Å². The van der Waals surface area contributed by atoms with E-state index in [-0.39, 0.29) is 11.4 Å². The first kappa shape index (κ1) is 16.3. The molecule has 0 aliphatic carbocycles. The van der Waals surface area contributed by atoms with Crippen molar-refractivity contribution in [1.29, 1.82) is 0 Å². The molecule has 1 aromatic rings. The Morgan fingerprint density at radius 1 is 1.43 bits per heavy atom. The van der Waals surface area contributed by atoms with E-state index < -0.39 is 4.32 Å². The molecule has 0 saturated heterocycles. The molecule has 1 atom stereocenters. The van der Waals surface area contributed by atoms with Gasteiger partial charge in [-0.05, 0) is 51.7 Å². The van der Waals surface area contributed by atoms with Crippen LogP contribution in [0.4, 0.5) is 5.69 Å². The Labute approximate surface area is 135 Å². The number of hydrogen-bond donors (Lipinski definition) is 0. The van der Waals surface area contributed by atoms with Gasteiger partial charge in [0.05, 0.1) is 17.1 Å². The highest BCUT2D eigenvalue weighted by atomic mass is 79.9. The van der Waals surface area contributed by atoms with Gasteiger partial charge in [-0.2, -0.15) is 0 Å². The van der Waals surface area contributed by atoms with Gasteiger partial charge in [0.15, 0.2) is 0 Å². The van der Waals surface area contributed by atoms with Crippen molar-refractivity contribution in [3.05, 3.63) is 23.8 Å². The van der Waals surface area contributed by atoms with Gasteiger partial charge in [-0.3, -0.25) is 4.79 Å². The molecule has 0 aromatic heterocycles. The maximum atomic E-state index is 13.0. The fraction of sp³-hybridized carbons (Fsp3) is 0.588. The van der Waals surface area contributed by atoms with Crippen LogP contribution in [-0.2, 0) is 4.79 Å². The summed E-state index contributed by atoms with van der Waals surface area (Å²) < 4.78 is 4.93. The van der Waals surface area contributed by atoms with E-state index in [1.165, 1.54) is 5.56 Å². The van der Waals surface area contributed by atoms with E-state index in [1.54, 1.807) is 7.11 Å². The first-order valence-electron chi connectivity index (χ1n) is 7.30. The fourth-order valence-electron chi connectivity index (χ4n) is 3.24. The van der Waals surface area contributed by atoms with Crippen LogP contribution in [0.25, 0.3) is 0 Å². The monoisotopic (exact) mass is 353 g/mol. The molecule has 0 spiro atoms. The predicted molar refractivity (Wildman–Crippen MR) is 90.6 cm³/mol. The van der Waals surface area contributed by atoms with Gasteiger partial charge in [0.2, 0.25) is 5.91 Å². The third kappa shape index (κ3) is 2.83. The quantitative estimate of drug-likeness (QED) is 0.733. The summed E-state index contributed by atoms with van der Waals surface area (Å²) in [5, 5.41) is 0. The minimum atomic E-state index is -0.608. The Morgan fingerprint density at radius 3 is 2.57 bits per heavy atom. The first-order valence-corrected chi connectivity index (χ1v) is 8.09. The van der Waals surface area contributed by atoms with Crippen LogP contribution in [0.15, 0.2) is 18.2 Å². The number of hydrogen-bond acceptors (Lipinski definition) is 2. The molecule has 116 valence electrons. The molecular formula is C17H24BrNO2. The molecule has 1 aromatic carbocycles. The second kappa shape index (κ2) is 5.31. The molecule has 1 aliphatic rings. The molecule has 0 radical (unpaired) electrons. The summed E-state index contributed by atoms with van der Waals surface area (Å²) in [5.41, 5.74) is 1.85. The Balaban J connectivity index is 2.69. The van der Waals surface area contributed by atoms with Gasteiger partial charge in [-0.1, -0.05) is 35.0 Å². The van der Waals surface area contributed by atoms with E-state index in [0.29, 0.717) is 5.92 Å². The highest BCUT2D eigenvalue weighted by molar-refractivity contribution is 9.10. The fourth-order valence-corrected chi connectivity index (χ4v) is 3.41. The minimum absolute atomic E-state index is 0.0603. The second-order valence-electron chi connectivity index (χ2n) is 6.93. The normalized spacial score (nSPS) is 20.9. The number of nitrogens with zero attached hydrogens (tertiary/aromatic N) is 1. The topological polar surface area (TPSA) is 29.5 Å². The number of ether oxygens (including phenoxy) is 1. The van der Waals surface area contributed by atoms with Gasteiger partial charge in [-0.15, -0.1) is 0 Å². The largest absolute Gasteiger partial charge is 0.495 e. The average Bonchev–Trinajstić information content (AvgIpc) is 2.35. The van der Waals surface area contributed by atoms with Crippen molar-refractivity contribution in [3.8, 4) is 5.75 Å². The Kier molecular flexibility index (Phi) is 4.13. The summed E-state index contributed by atoms with van der Waals surface area (Å²) in [6.45, 7) is 10.2. The van der Waals surface area contributed by atoms with Crippen LogP contribution in [0.3, 0.4) is 0 Å². The van der Waals surface area contributed by atoms with Crippen LogP contribution in [0.5, 0.6) is 5.75 Å². The van der Waals surface area contributed by atoms with E-state index in [2.05, 4.69) is 42.8 Å². The molecule has 0 unspecified atom stereocenters. The van der Waals surface area contributed by atoms with Crippen molar-refractivity contribution < 1.29 is 9.53 Å². The lowest BCUT2D eigenvalue weighted by atomic mass is 9.79. The average molecular weight is 354 g/mol. The number of fused-ring (bicyclic) bond motifs is 1. The summed E-state index contributed by atoms with van der Waals surface area (Å²) in [7, 11) is 1.66. The molecule has 21 heavy (non-hydrogen) atoms. The number of halogens is 1. The zero-order valence-electron chi connectivity index (χ0n) is 13.7. The standard InChI is InChI=1S/C17H24BrNO2/c1-11-10-16(2,3)19(15(20)17(4,5)18)14-12(11)8-7-9-13(14)21-6/h7-9,11H,10H2,1-6H3/t11-/m0/s1. The number of benzene rings is 1. The molecule has 0 bridgehead atoms. The van der Waals surface area contributed by atoms with E-state index in [9.17, 15) is 4.79 Å².